The third kappa shape index (κ3) is 2.62. The van der Waals surface area contributed by atoms with Crippen LogP contribution in [0.2, 0.25) is 10.0 Å². The molecule has 7 nitrogen and oxygen atoms in total. The quantitative estimate of drug-likeness (QED) is 0.568. The maximum atomic E-state index is 12.7. The molecule has 0 spiro atoms. The van der Waals surface area contributed by atoms with Gasteiger partial charge in [-0.05, 0) is 44.2 Å². The Morgan fingerprint density at radius 2 is 1.47 bits per heavy atom. The molecule has 1 fully saturated rings. The van der Waals surface area contributed by atoms with Crippen molar-refractivity contribution in [3.8, 4) is 0 Å². The fraction of sp³-hybridized carbons (Fsp3) is 0.190. The highest BCUT2D eigenvalue weighted by Gasteiger charge is 2.65. The van der Waals surface area contributed by atoms with Gasteiger partial charge < -0.3 is 16.0 Å². The van der Waals surface area contributed by atoms with Gasteiger partial charge in [-0.25, -0.2) is 14.5 Å². The van der Waals surface area contributed by atoms with Crippen LogP contribution in [0.3, 0.4) is 0 Å². The number of hydrogen-bond acceptors (Lipinski definition) is 4. The molecule has 2 unspecified atom stereocenters. The van der Waals surface area contributed by atoms with Crippen LogP contribution in [0.5, 0.6) is 0 Å². The number of halogens is 2. The Bertz CT molecular complexity index is 1190. The van der Waals surface area contributed by atoms with E-state index in [0.29, 0.717) is 16.0 Å². The predicted molar refractivity (Wildman–Crippen MR) is 116 cm³/mol. The van der Waals surface area contributed by atoms with E-state index in [2.05, 4.69) is 21.0 Å². The van der Waals surface area contributed by atoms with Gasteiger partial charge in [0.25, 0.3) is 0 Å². The SMILES string of the molecule is Cc1cc(C)n(C2=NC3(c4ccc(Cl)cc4)NC(=O)NC3(c3ccc(Cl)cc3)N2)n1. The van der Waals surface area contributed by atoms with Gasteiger partial charge in [-0.3, -0.25) is 0 Å². The lowest BCUT2D eigenvalue weighted by Crippen LogP contribution is -2.59. The summed E-state index contributed by atoms with van der Waals surface area (Å²) in [6.07, 6.45) is 0. The normalized spacial score (nSPS) is 24.7. The van der Waals surface area contributed by atoms with Crippen LogP contribution >= 0.6 is 23.2 Å². The van der Waals surface area contributed by atoms with Crippen molar-refractivity contribution in [3.63, 3.8) is 0 Å². The molecule has 2 aliphatic rings. The number of fused-ring (bicyclic) bond motifs is 1. The number of benzene rings is 2. The van der Waals surface area contributed by atoms with Gasteiger partial charge in [0.05, 0.1) is 5.69 Å². The Labute approximate surface area is 183 Å². The molecule has 2 atom stereocenters. The Balaban J connectivity index is 1.77. The molecule has 3 N–H and O–H groups in total. The van der Waals surface area contributed by atoms with Crippen molar-refractivity contribution >= 4 is 35.2 Å². The van der Waals surface area contributed by atoms with E-state index in [9.17, 15) is 4.79 Å². The highest BCUT2D eigenvalue weighted by atomic mass is 35.5. The van der Waals surface area contributed by atoms with Crippen molar-refractivity contribution < 1.29 is 4.79 Å². The summed E-state index contributed by atoms with van der Waals surface area (Å²) in [5.41, 5.74) is 1.09. The van der Waals surface area contributed by atoms with Gasteiger partial charge in [-0.1, -0.05) is 47.5 Å². The minimum Gasteiger partial charge on any atom is -0.324 e. The first-order valence-corrected chi connectivity index (χ1v) is 10.1. The van der Waals surface area contributed by atoms with Crippen LogP contribution in [0.25, 0.3) is 0 Å². The van der Waals surface area contributed by atoms with Crippen molar-refractivity contribution in [2.45, 2.75) is 25.2 Å². The number of aryl methyl sites for hydroxylation is 2. The van der Waals surface area contributed by atoms with E-state index in [4.69, 9.17) is 28.2 Å². The third-order valence-corrected chi connectivity index (χ3v) is 5.96. The Morgan fingerprint density at radius 1 is 0.867 bits per heavy atom. The summed E-state index contributed by atoms with van der Waals surface area (Å²) in [6, 6.07) is 16.2. The first-order valence-electron chi connectivity index (χ1n) is 9.37. The maximum Gasteiger partial charge on any atom is 0.319 e. The third-order valence-electron chi connectivity index (χ3n) is 5.46. The second-order valence-electron chi connectivity index (χ2n) is 7.45. The highest BCUT2D eigenvalue weighted by molar-refractivity contribution is 6.30. The van der Waals surface area contributed by atoms with Gasteiger partial charge >= 0.3 is 6.03 Å². The molecule has 3 aromatic rings. The molecule has 3 heterocycles. The number of rotatable bonds is 2. The molecule has 0 aliphatic carbocycles. The van der Waals surface area contributed by atoms with Gasteiger partial charge in [-0.2, -0.15) is 5.10 Å². The van der Waals surface area contributed by atoms with Crippen LogP contribution in [-0.2, 0) is 11.3 Å². The van der Waals surface area contributed by atoms with Crippen molar-refractivity contribution in [3.05, 3.63) is 87.2 Å². The van der Waals surface area contributed by atoms with E-state index in [0.717, 1.165) is 22.5 Å². The number of urea groups is 1. The number of nitrogens with zero attached hydrogens (tertiary/aromatic N) is 3. The number of hydrogen-bond donors (Lipinski definition) is 3. The second-order valence-corrected chi connectivity index (χ2v) is 8.33. The zero-order chi connectivity index (χ0) is 21.1. The molecule has 2 amide bonds. The van der Waals surface area contributed by atoms with Crippen LogP contribution in [-0.4, -0.2) is 21.8 Å². The average molecular weight is 441 g/mol. The molecule has 0 saturated carbocycles. The van der Waals surface area contributed by atoms with Crippen LogP contribution in [0.15, 0.2) is 59.6 Å². The monoisotopic (exact) mass is 440 g/mol. The second kappa shape index (κ2) is 6.48. The maximum absolute atomic E-state index is 12.7. The molecular weight excluding hydrogens is 423 g/mol. The molecule has 9 heteroatoms. The largest absolute Gasteiger partial charge is 0.324 e. The summed E-state index contributed by atoms with van der Waals surface area (Å²) >= 11 is 12.2. The number of carbonyl (C=O) groups excluding carboxylic acids is 1. The Hall–Kier alpha value is -3.03. The average Bonchev–Trinajstić information content (AvgIpc) is 3.29. The standard InChI is InChI=1S/C21H18Cl2N6O/c1-12-11-13(2)29(28-12)18-24-20(14-3-7-16(22)8-4-14)21(25-18,27-19(30)26-20)15-5-9-17(23)10-6-15/h3-11H,1-2H3,(H,24,25)(H2,26,27,30). The molecule has 30 heavy (non-hydrogen) atoms. The minimum absolute atomic E-state index is 0.344. The molecule has 0 bridgehead atoms. The van der Waals surface area contributed by atoms with Crippen LogP contribution in [0.4, 0.5) is 4.79 Å². The van der Waals surface area contributed by atoms with Crippen molar-refractivity contribution in [1.29, 1.82) is 0 Å². The zero-order valence-corrected chi connectivity index (χ0v) is 17.7. The number of amides is 2. The Morgan fingerprint density at radius 3 is 2.03 bits per heavy atom. The summed E-state index contributed by atoms with van der Waals surface area (Å²) in [7, 11) is 0. The summed E-state index contributed by atoms with van der Waals surface area (Å²) in [6.45, 7) is 3.87. The van der Waals surface area contributed by atoms with E-state index in [1.165, 1.54) is 0 Å². The molecule has 1 saturated heterocycles. The molecular formula is C21H18Cl2N6O. The lowest BCUT2D eigenvalue weighted by Gasteiger charge is -2.37. The molecule has 152 valence electrons. The summed E-state index contributed by atoms with van der Waals surface area (Å²) in [5.74, 6) is 0.512. The fourth-order valence-corrected chi connectivity index (χ4v) is 4.43. The van der Waals surface area contributed by atoms with Crippen LogP contribution < -0.4 is 16.0 Å². The highest BCUT2D eigenvalue weighted by Crippen LogP contribution is 2.47. The van der Waals surface area contributed by atoms with E-state index < -0.39 is 11.3 Å². The first-order chi connectivity index (χ1) is 14.3. The van der Waals surface area contributed by atoms with E-state index in [1.807, 2.05) is 44.2 Å². The number of aromatic nitrogens is 2. The van der Waals surface area contributed by atoms with Gasteiger partial charge in [0.1, 0.15) is 0 Å². The first kappa shape index (κ1) is 19.0. The summed E-state index contributed by atoms with van der Waals surface area (Å²) < 4.78 is 1.73. The van der Waals surface area contributed by atoms with Crippen LogP contribution in [0, 0.1) is 13.8 Å². The van der Waals surface area contributed by atoms with Gasteiger partial charge in [0.15, 0.2) is 5.66 Å². The number of aliphatic imine (C=N–C) groups is 1. The summed E-state index contributed by atoms with van der Waals surface area (Å²) in [5, 5.41) is 15.3. The molecule has 5 rings (SSSR count). The van der Waals surface area contributed by atoms with Crippen molar-refractivity contribution in [2.75, 3.05) is 0 Å². The van der Waals surface area contributed by atoms with E-state index in [-0.39, 0.29) is 6.03 Å². The molecule has 1 aromatic heterocycles. The van der Waals surface area contributed by atoms with Crippen molar-refractivity contribution in [2.24, 2.45) is 4.99 Å². The smallest absolute Gasteiger partial charge is 0.319 e. The predicted octanol–water partition coefficient (Wildman–Crippen LogP) is 3.63. The lowest BCUT2D eigenvalue weighted by atomic mass is 9.83. The topological polar surface area (TPSA) is 83.3 Å². The fourth-order valence-electron chi connectivity index (χ4n) is 4.18. The lowest BCUT2D eigenvalue weighted by molar-refractivity contribution is 0.221. The molecule has 2 aliphatic heterocycles. The zero-order valence-electron chi connectivity index (χ0n) is 16.2. The van der Waals surface area contributed by atoms with Crippen LogP contribution in [0.1, 0.15) is 22.5 Å². The van der Waals surface area contributed by atoms with Gasteiger partial charge in [0.2, 0.25) is 11.6 Å². The van der Waals surface area contributed by atoms with Gasteiger partial charge in [-0.15, -0.1) is 0 Å². The Kier molecular flexibility index (Phi) is 4.10. The van der Waals surface area contributed by atoms with E-state index >= 15 is 0 Å². The minimum atomic E-state index is -1.16. The molecule has 2 aromatic carbocycles. The summed E-state index contributed by atoms with van der Waals surface area (Å²) in [4.78, 5) is 17.6. The van der Waals surface area contributed by atoms with Crippen molar-refractivity contribution in [1.82, 2.24) is 25.7 Å². The number of nitrogens with one attached hydrogen (secondary N) is 3. The van der Waals surface area contributed by atoms with E-state index in [1.54, 1.807) is 28.9 Å². The molecule has 0 radical (unpaired) electrons. The number of carbonyl (C=O) groups is 1. The van der Waals surface area contributed by atoms with Gasteiger partial charge in [0, 0.05) is 26.9 Å².